The van der Waals surface area contributed by atoms with Crippen LogP contribution in [0.2, 0.25) is 0 Å². The van der Waals surface area contributed by atoms with E-state index in [4.69, 9.17) is 0 Å². The molecule has 1 aliphatic rings. The zero-order chi connectivity index (χ0) is 23.5. The molecule has 0 saturated carbocycles. The largest absolute Gasteiger partial charge is 0.364 e. The van der Waals surface area contributed by atoms with Gasteiger partial charge >= 0.3 is 0 Å². The van der Waals surface area contributed by atoms with Gasteiger partial charge in [-0.1, -0.05) is 6.07 Å². The molecule has 1 aliphatic heterocycles. The van der Waals surface area contributed by atoms with E-state index >= 15 is 0 Å². The number of amides is 2. The first-order valence-corrected chi connectivity index (χ1v) is 10.8. The molecule has 2 heterocycles. The Morgan fingerprint density at radius 1 is 1.09 bits per heavy atom. The highest BCUT2D eigenvalue weighted by molar-refractivity contribution is 7.92. The van der Waals surface area contributed by atoms with Crippen LogP contribution in [0.25, 0.3) is 0 Å². The standard InChI is InChI=1S/C20H19F2N5O4S/c1-11-14(8-9-16(24-11)25-12(2)28)26-20(29)18-13(21)6-7-15(19(18)22)27-32(30,31)17-5-3-4-10-23-17/h3-11,24,27H,1-2H3,(H,25,28)(H,26,29). The minimum absolute atomic E-state index is 0.280. The van der Waals surface area contributed by atoms with Crippen molar-refractivity contribution in [2.45, 2.75) is 24.9 Å². The molecule has 0 spiro atoms. The van der Waals surface area contributed by atoms with Crippen LogP contribution >= 0.6 is 0 Å². The van der Waals surface area contributed by atoms with Crippen LogP contribution in [0.5, 0.6) is 0 Å². The fourth-order valence-corrected chi connectivity index (χ4v) is 3.84. The number of benzene rings is 1. The van der Waals surface area contributed by atoms with Gasteiger partial charge in [-0.15, -0.1) is 0 Å². The van der Waals surface area contributed by atoms with Crippen LogP contribution in [0.15, 0.2) is 65.2 Å². The number of hydrogen-bond acceptors (Lipinski definition) is 6. The molecule has 2 amide bonds. The predicted molar refractivity (Wildman–Crippen MR) is 111 cm³/mol. The maximum Gasteiger partial charge on any atom is 0.279 e. The summed E-state index contributed by atoms with van der Waals surface area (Å²) in [5.74, 6) is -3.58. The molecule has 0 aliphatic carbocycles. The quantitative estimate of drug-likeness (QED) is 0.517. The number of nitrogens with one attached hydrogen (secondary N) is 4. The van der Waals surface area contributed by atoms with E-state index in [1.807, 2.05) is 4.72 Å². The van der Waals surface area contributed by atoms with Gasteiger partial charge in [-0.3, -0.25) is 14.3 Å². The number of rotatable bonds is 6. The maximum absolute atomic E-state index is 14.9. The molecule has 1 aromatic heterocycles. The van der Waals surface area contributed by atoms with Gasteiger partial charge in [-0.05, 0) is 43.3 Å². The Morgan fingerprint density at radius 2 is 1.84 bits per heavy atom. The summed E-state index contributed by atoms with van der Waals surface area (Å²) < 4.78 is 56.0. The lowest BCUT2D eigenvalue weighted by molar-refractivity contribution is -0.118. The van der Waals surface area contributed by atoms with Gasteiger partial charge in [0, 0.05) is 18.8 Å². The van der Waals surface area contributed by atoms with E-state index in [0.29, 0.717) is 5.82 Å². The minimum atomic E-state index is -4.26. The van der Waals surface area contributed by atoms with Crippen molar-refractivity contribution in [2.75, 3.05) is 4.72 Å². The van der Waals surface area contributed by atoms with Gasteiger partial charge in [0.25, 0.3) is 15.9 Å². The lowest BCUT2D eigenvalue weighted by Gasteiger charge is -2.25. The topological polar surface area (TPSA) is 129 Å². The number of nitrogens with zero attached hydrogens (tertiary/aromatic N) is 1. The van der Waals surface area contributed by atoms with E-state index in [2.05, 4.69) is 20.9 Å². The van der Waals surface area contributed by atoms with Crippen LogP contribution in [0.4, 0.5) is 14.5 Å². The summed E-state index contributed by atoms with van der Waals surface area (Å²) in [6, 6.07) is 5.28. The number of halogens is 2. The van der Waals surface area contributed by atoms with Crippen molar-refractivity contribution in [1.82, 2.24) is 20.9 Å². The number of pyridine rings is 1. The van der Waals surface area contributed by atoms with Crippen LogP contribution < -0.4 is 20.7 Å². The summed E-state index contributed by atoms with van der Waals surface area (Å²) in [5, 5.41) is 7.47. The van der Waals surface area contributed by atoms with Crippen molar-refractivity contribution in [3.8, 4) is 0 Å². The Hall–Kier alpha value is -3.80. The Balaban J connectivity index is 1.86. The van der Waals surface area contributed by atoms with E-state index in [1.165, 1.54) is 43.5 Å². The van der Waals surface area contributed by atoms with Crippen molar-refractivity contribution in [3.63, 3.8) is 0 Å². The van der Waals surface area contributed by atoms with Gasteiger partial charge in [0.05, 0.1) is 11.7 Å². The molecule has 2 aromatic rings. The fraction of sp³-hybridized carbons (Fsp3) is 0.150. The molecule has 1 unspecified atom stereocenters. The highest BCUT2D eigenvalue weighted by Crippen LogP contribution is 2.24. The summed E-state index contributed by atoms with van der Waals surface area (Å²) in [5.41, 5.74) is -1.29. The van der Waals surface area contributed by atoms with Crippen molar-refractivity contribution >= 4 is 27.5 Å². The van der Waals surface area contributed by atoms with Crippen LogP contribution in [0.3, 0.4) is 0 Å². The summed E-state index contributed by atoms with van der Waals surface area (Å²) in [6.45, 7) is 2.99. The number of hydrogen-bond donors (Lipinski definition) is 4. The van der Waals surface area contributed by atoms with Crippen LogP contribution in [0, 0.1) is 11.6 Å². The zero-order valence-electron chi connectivity index (χ0n) is 16.9. The molecule has 0 radical (unpaired) electrons. The second-order valence-corrected chi connectivity index (χ2v) is 8.39. The fourth-order valence-electron chi connectivity index (χ4n) is 2.83. The lowest BCUT2D eigenvalue weighted by Crippen LogP contribution is -2.42. The highest BCUT2D eigenvalue weighted by Gasteiger charge is 2.26. The van der Waals surface area contributed by atoms with Gasteiger partial charge in [-0.25, -0.2) is 13.8 Å². The second-order valence-electron chi connectivity index (χ2n) is 6.76. The monoisotopic (exact) mass is 463 g/mol. The van der Waals surface area contributed by atoms with Crippen molar-refractivity contribution in [2.24, 2.45) is 0 Å². The van der Waals surface area contributed by atoms with Crippen molar-refractivity contribution < 1.29 is 26.8 Å². The van der Waals surface area contributed by atoms with Gasteiger partial charge in [-0.2, -0.15) is 8.42 Å². The summed E-state index contributed by atoms with van der Waals surface area (Å²) in [6.07, 6.45) is 4.18. The van der Waals surface area contributed by atoms with E-state index in [-0.39, 0.29) is 16.6 Å². The third-order valence-electron chi connectivity index (χ3n) is 4.31. The van der Waals surface area contributed by atoms with E-state index in [0.717, 1.165) is 12.1 Å². The molecule has 168 valence electrons. The lowest BCUT2D eigenvalue weighted by atomic mass is 10.1. The molecular weight excluding hydrogens is 444 g/mol. The number of dihydropyridines is 1. The summed E-state index contributed by atoms with van der Waals surface area (Å²) in [7, 11) is -4.26. The molecule has 9 nitrogen and oxygen atoms in total. The predicted octanol–water partition coefficient (Wildman–Crippen LogP) is 1.74. The average molecular weight is 463 g/mol. The van der Waals surface area contributed by atoms with Gasteiger partial charge < -0.3 is 16.0 Å². The van der Waals surface area contributed by atoms with Crippen molar-refractivity contribution in [1.29, 1.82) is 0 Å². The maximum atomic E-state index is 14.9. The Bertz CT molecular complexity index is 1230. The van der Waals surface area contributed by atoms with Gasteiger partial charge in [0.2, 0.25) is 5.91 Å². The molecular formula is C20H19F2N5O4S. The third kappa shape index (κ3) is 5.09. The number of sulfonamides is 1. The van der Waals surface area contributed by atoms with Crippen LogP contribution in [-0.4, -0.2) is 31.3 Å². The smallest absolute Gasteiger partial charge is 0.279 e. The summed E-state index contributed by atoms with van der Waals surface area (Å²) >= 11 is 0. The Kier molecular flexibility index (Phi) is 6.53. The Labute approximate surface area is 182 Å². The Morgan fingerprint density at radius 3 is 2.47 bits per heavy atom. The third-order valence-corrected chi connectivity index (χ3v) is 5.59. The number of carbonyl (C=O) groups is 2. The molecule has 12 heteroatoms. The normalized spacial score (nSPS) is 15.7. The van der Waals surface area contributed by atoms with E-state index in [9.17, 15) is 26.8 Å². The van der Waals surface area contributed by atoms with Crippen LogP contribution in [-0.2, 0) is 14.8 Å². The molecule has 1 atom stereocenters. The number of anilines is 1. The molecule has 32 heavy (non-hydrogen) atoms. The number of allylic oxidation sites excluding steroid dienone is 2. The van der Waals surface area contributed by atoms with E-state index < -0.39 is 44.9 Å². The number of carbonyl (C=O) groups excluding carboxylic acids is 2. The first-order chi connectivity index (χ1) is 15.1. The summed E-state index contributed by atoms with van der Waals surface area (Å²) in [4.78, 5) is 27.4. The second kappa shape index (κ2) is 9.14. The first-order valence-electron chi connectivity index (χ1n) is 9.27. The average Bonchev–Trinajstić information content (AvgIpc) is 2.72. The first kappa shape index (κ1) is 22.9. The van der Waals surface area contributed by atoms with Crippen molar-refractivity contribution in [3.05, 3.63) is 77.4 Å². The zero-order valence-corrected chi connectivity index (χ0v) is 17.8. The SMILES string of the molecule is CC(=O)NC1=CC=C(NC(=O)c2c(F)ccc(NS(=O)(=O)c3ccccn3)c2F)C(C)N1. The molecule has 0 fully saturated rings. The van der Waals surface area contributed by atoms with E-state index in [1.54, 1.807) is 6.92 Å². The highest BCUT2D eigenvalue weighted by atomic mass is 32.2. The molecule has 1 aromatic carbocycles. The van der Waals surface area contributed by atoms with Gasteiger partial charge in [0.15, 0.2) is 10.8 Å². The molecule has 4 N–H and O–H groups in total. The van der Waals surface area contributed by atoms with Gasteiger partial charge in [0.1, 0.15) is 17.2 Å². The number of aromatic nitrogens is 1. The molecule has 3 rings (SSSR count). The minimum Gasteiger partial charge on any atom is -0.364 e. The van der Waals surface area contributed by atoms with Crippen LogP contribution in [0.1, 0.15) is 24.2 Å². The molecule has 0 saturated heterocycles. The molecule has 0 bridgehead atoms.